The van der Waals surface area contributed by atoms with Crippen LogP contribution in [0.15, 0.2) is 54.6 Å². The molecule has 0 saturated carbocycles. The minimum absolute atomic E-state index is 0.196. The van der Waals surface area contributed by atoms with Crippen LogP contribution in [0.25, 0.3) is 0 Å². The van der Waals surface area contributed by atoms with Gasteiger partial charge in [-0.3, -0.25) is 9.59 Å². The molecule has 1 aromatic heterocycles. The van der Waals surface area contributed by atoms with Gasteiger partial charge in [-0.15, -0.1) is 11.3 Å². The molecule has 0 aliphatic heterocycles. The second-order valence-electron chi connectivity index (χ2n) is 7.78. The van der Waals surface area contributed by atoms with Crippen LogP contribution in [0.5, 0.6) is 0 Å². The number of carbonyl (C=O) groups excluding carboxylic acids is 3. The van der Waals surface area contributed by atoms with Crippen LogP contribution in [0, 0.1) is 6.92 Å². The number of ether oxygens (including phenoxy) is 1. The monoisotopic (exact) mass is 510 g/mol. The van der Waals surface area contributed by atoms with Crippen molar-refractivity contribution in [1.29, 1.82) is 0 Å². The van der Waals surface area contributed by atoms with Gasteiger partial charge in [0.15, 0.2) is 5.11 Å². The molecule has 8 nitrogen and oxygen atoms in total. The van der Waals surface area contributed by atoms with Gasteiger partial charge in [0.25, 0.3) is 11.8 Å². The topological polar surface area (TPSA) is 99.8 Å². The number of methoxy groups -OCH3 is 1. The highest BCUT2D eigenvalue weighted by Gasteiger charge is 2.26. The first-order valence-electron chi connectivity index (χ1n) is 10.6. The van der Waals surface area contributed by atoms with E-state index in [1.54, 1.807) is 45.3 Å². The molecule has 0 atom stereocenters. The van der Waals surface area contributed by atoms with Crippen LogP contribution in [0.3, 0.4) is 0 Å². The van der Waals surface area contributed by atoms with E-state index in [-0.39, 0.29) is 22.5 Å². The van der Waals surface area contributed by atoms with Gasteiger partial charge < -0.3 is 25.6 Å². The normalized spacial score (nSPS) is 10.3. The van der Waals surface area contributed by atoms with Crippen LogP contribution in [0.2, 0.25) is 0 Å². The van der Waals surface area contributed by atoms with E-state index in [9.17, 15) is 14.4 Å². The molecular weight excluding hydrogens is 484 g/mol. The minimum atomic E-state index is -0.570. The van der Waals surface area contributed by atoms with E-state index >= 15 is 0 Å². The predicted molar refractivity (Wildman–Crippen MR) is 142 cm³/mol. The summed E-state index contributed by atoms with van der Waals surface area (Å²) in [5.41, 5.74) is 2.83. The van der Waals surface area contributed by atoms with Gasteiger partial charge in [0, 0.05) is 31.9 Å². The zero-order chi connectivity index (χ0) is 25.5. The van der Waals surface area contributed by atoms with Crippen molar-refractivity contribution in [2.24, 2.45) is 0 Å². The van der Waals surface area contributed by atoms with E-state index in [1.165, 1.54) is 12.0 Å². The predicted octanol–water partition coefficient (Wildman–Crippen LogP) is 4.28. The highest BCUT2D eigenvalue weighted by atomic mass is 32.1. The molecule has 2 amide bonds. The maximum Gasteiger partial charge on any atom is 0.341 e. The summed E-state index contributed by atoms with van der Waals surface area (Å²) in [5, 5.41) is 9.50. The Morgan fingerprint density at radius 2 is 1.74 bits per heavy atom. The van der Waals surface area contributed by atoms with Crippen LogP contribution < -0.4 is 16.0 Å². The average molecular weight is 511 g/mol. The number of anilines is 2. The molecule has 0 fully saturated rings. The summed E-state index contributed by atoms with van der Waals surface area (Å²) in [6.07, 6.45) is 0. The van der Waals surface area contributed by atoms with Crippen molar-refractivity contribution in [3.63, 3.8) is 0 Å². The van der Waals surface area contributed by atoms with Crippen molar-refractivity contribution in [1.82, 2.24) is 10.2 Å². The number of hydrogen-bond acceptors (Lipinski definition) is 6. The Morgan fingerprint density at radius 3 is 2.40 bits per heavy atom. The Morgan fingerprint density at radius 1 is 1.03 bits per heavy atom. The third-order valence-corrected chi connectivity index (χ3v) is 6.44. The largest absolute Gasteiger partial charge is 0.465 e. The van der Waals surface area contributed by atoms with Gasteiger partial charge >= 0.3 is 5.97 Å². The fourth-order valence-corrected chi connectivity index (χ4v) is 4.75. The molecular formula is C25H26N4O4S2. The van der Waals surface area contributed by atoms with Crippen LogP contribution >= 0.6 is 23.6 Å². The first kappa shape index (κ1) is 25.9. The van der Waals surface area contributed by atoms with Gasteiger partial charge in [-0.1, -0.05) is 36.4 Å². The zero-order valence-electron chi connectivity index (χ0n) is 19.8. The standard InChI is InChI=1S/C25H26N4O4S2/c1-15-19(24(32)33-4)22(35-20(15)23(31)29(2)3)28-25(34)27-18-12-8-11-17(13-18)21(30)26-14-16-9-6-5-7-10-16/h5-13H,14H2,1-4H3,(H,26,30)(H2,27,28,34). The highest BCUT2D eigenvalue weighted by molar-refractivity contribution is 7.80. The first-order valence-corrected chi connectivity index (χ1v) is 11.9. The molecule has 0 bridgehead atoms. The molecule has 1 heterocycles. The number of nitrogens with zero attached hydrogens (tertiary/aromatic N) is 1. The van der Waals surface area contributed by atoms with E-state index in [4.69, 9.17) is 17.0 Å². The summed E-state index contributed by atoms with van der Waals surface area (Å²) < 4.78 is 4.90. The van der Waals surface area contributed by atoms with Crippen LogP contribution in [0.4, 0.5) is 10.7 Å². The van der Waals surface area contributed by atoms with Gasteiger partial charge in [-0.2, -0.15) is 0 Å². The number of thiophene rings is 1. The third kappa shape index (κ3) is 6.43. The van der Waals surface area contributed by atoms with Crippen LogP contribution in [-0.2, 0) is 11.3 Å². The molecule has 3 rings (SSSR count). The second-order valence-corrected chi connectivity index (χ2v) is 9.21. The molecule has 2 aromatic carbocycles. The number of amides is 2. The molecule has 10 heteroatoms. The van der Waals surface area contributed by atoms with E-state index in [0.717, 1.165) is 16.9 Å². The van der Waals surface area contributed by atoms with Gasteiger partial charge in [0.2, 0.25) is 0 Å². The van der Waals surface area contributed by atoms with Gasteiger partial charge in [-0.05, 0) is 48.5 Å². The van der Waals surface area contributed by atoms with Gasteiger partial charge in [0.05, 0.1) is 17.6 Å². The van der Waals surface area contributed by atoms with Gasteiger partial charge in [-0.25, -0.2) is 4.79 Å². The van der Waals surface area contributed by atoms with Crippen molar-refractivity contribution in [3.8, 4) is 0 Å². The fourth-order valence-electron chi connectivity index (χ4n) is 3.24. The van der Waals surface area contributed by atoms with Crippen molar-refractivity contribution in [2.75, 3.05) is 31.8 Å². The van der Waals surface area contributed by atoms with Crippen LogP contribution in [0.1, 0.15) is 41.5 Å². The summed E-state index contributed by atoms with van der Waals surface area (Å²) in [6.45, 7) is 2.11. The summed E-state index contributed by atoms with van der Waals surface area (Å²) in [6, 6.07) is 16.5. The number of nitrogens with one attached hydrogen (secondary N) is 3. The summed E-state index contributed by atoms with van der Waals surface area (Å²) in [5.74, 6) is -1.01. The zero-order valence-corrected chi connectivity index (χ0v) is 21.4. The summed E-state index contributed by atoms with van der Waals surface area (Å²) >= 11 is 6.55. The van der Waals surface area contributed by atoms with Crippen molar-refractivity contribution in [3.05, 3.63) is 81.7 Å². The molecule has 0 aliphatic carbocycles. The number of hydrogen-bond donors (Lipinski definition) is 3. The molecule has 182 valence electrons. The van der Waals surface area contributed by atoms with E-state index in [2.05, 4.69) is 16.0 Å². The van der Waals surface area contributed by atoms with Crippen molar-refractivity contribution in [2.45, 2.75) is 13.5 Å². The Labute approximate surface area is 213 Å². The summed E-state index contributed by atoms with van der Waals surface area (Å²) in [7, 11) is 4.56. The molecule has 3 aromatic rings. The van der Waals surface area contributed by atoms with E-state index in [1.807, 2.05) is 30.3 Å². The number of benzene rings is 2. The molecule has 0 spiro atoms. The Bertz CT molecular complexity index is 1260. The molecule has 0 radical (unpaired) electrons. The van der Waals surface area contributed by atoms with Gasteiger partial charge in [0.1, 0.15) is 5.00 Å². The number of esters is 1. The highest BCUT2D eigenvalue weighted by Crippen LogP contribution is 2.34. The van der Waals surface area contributed by atoms with Crippen molar-refractivity contribution >= 4 is 57.1 Å². The minimum Gasteiger partial charge on any atom is -0.465 e. The second kappa shape index (κ2) is 11.6. The van der Waals surface area contributed by atoms with Crippen LogP contribution in [-0.4, -0.2) is 49.0 Å². The van der Waals surface area contributed by atoms with Crippen molar-refractivity contribution < 1.29 is 19.1 Å². The molecule has 35 heavy (non-hydrogen) atoms. The molecule has 0 aliphatic rings. The number of rotatable bonds is 7. The average Bonchev–Trinajstić information content (AvgIpc) is 3.17. The maximum atomic E-state index is 12.6. The molecule has 0 saturated heterocycles. The fraction of sp³-hybridized carbons (Fsp3) is 0.200. The van der Waals surface area contributed by atoms with E-state index < -0.39 is 5.97 Å². The lowest BCUT2D eigenvalue weighted by Crippen LogP contribution is -2.23. The third-order valence-electron chi connectivity index (χ3n) is 5.04. The number of thiocarbonyl (C=S) groups is 1. The smallest absolute Gasteiger partial charge is 0.341 e. The maximum absolute atomic E-state index is 12.6. The Hall–Kier alpha value is -3.76. The van der Waals surface area contributed by atoms with E-state index in [0.29, 0.717) is 33.2 Å². The number of carbonyl (C=O) groups is 3. The lowest BCUT2D eigenvalue weighted by Gasteiger charge is -2.12. The Kier molecular flexibility index (Phi) is 8.56. The SMILES string of the molecule is COC(=O)c1c(NC(=S)Nc2cccc(C(=O)NCc3ccccc3)c2)sc(C(=O)N(C)C)c1C. The molecule has 0 unspecified atom stereocenters. The molecule has 3 N–H and O–H groups in total. The quantitative estimate of drug-likeness (QED) is 0.322. The lowest BCUT2D eigenvalue weighted by molar-refractivity contribution is 0.0601. The summed E-state index contributed by atoms with van der Waals surface area (Å²) in [4.78, 5) is 39.4. The Balaban J connectivity index is 1.73. The first-order chi connectivity index (χ1) is 16.7. The lowest BCUT2D eigenvalue weighted by atomic mass is 10.1.